The number of hydrogen-bond acceptors (Lipinski definition) is 4. The van der Waals surface area contributed by atoms with Gasteiger partial charge < -0.3 is 0 Å². The number of nitrogens with zero attached hydrogens (tertiary/aromatic N) is 5. The first-order chi connectivity index (χ1) is 9.42. The average Bonchev–Trinajstić information content (AvgIpc) is 3.07. The highest BCUT2D eigenvalue weighted by atomic mass is 32.1. The molecule has 4 aromatic rings. The Morgan fingerprint density at radius 1 is 1.21 bits per heavy atom. The van der Waals surface area contributed by atoms with E-state index in [0.717, 1.165) is 17.8 Å². The Balaban J connectivity index is 1.93. The second-order valence-electron chi connectivity index (χ2n) is 4.57. The topological polar surface area (TPSA) is 47.0 Å². The molecule has 0 aromatic carbocycles. The van der Waals surface area contributed by atoms with Crippen LogP contribution in [0, 0.1) is 0 Å². The summed E-state index contributed by atoms with van der Waals surface area (Å²) in [5.41, 5.74) is 4.48. The van der Waals surface area contributed by atoms with Gasteiger partial charge in [0.2, 0.25) is 4.83 Å². The molecule has 1 aliphatic rings. The molecular formula is C13H8N5S+. The molecule has 4 aromatic heterocycles. The zero-order valence-corrected chi connectivity index (χ0v) is 10.6. The van der Waals surface area contributed by atoms with Crippen molar-refractivity contribution >= 4 is 27.5 Å². The Morgan fingerprint density at radius 3 is 3.16 bits per heavy atom. The highest BCUT2D eigenvalue weighted by Gasteiger charge is 2.32. The molecular weight excluding hydrogens is 258 g/mol. The summed E-state index contributed by atoms with van der Waals surface area (Å²) in [6.45, 7) is 0.879. The van der Waals surface area contributed by atoms with E-state index in [2.05, 4.69) is 30.0 Å². The van der Waals surface area contributed by atoms with Gasteiger partial charge in [0.1, 0.15) is 6.54 Å². The van der Waals surface area contributed by atoms with Gasteiger partial charge in [-0.1, -0.05) is 11.3 Å². The molecule has 5 heterocycles. The van der Waals surface area contributed by atoms with Gasteiger partial charge in [-0.25, -0.2) is 4.57 Å². The minimum atomic E-state index is 0.879. The van der Waals surface area contributed by atoms with E-state index in [1.54, 1.807) is 23.7 Å². The number of fused-ring (bicyclic) bond motifs is 7. The standard InChI is InChI=1S/C13H8N5S/c1-2-14-5-9-8(1)7-18-11-13(19-12(9)18)17-4-3-15-6-10(17)16-11/h1-6H,7H2/q+1. The smallest absolute Gasteiger partial charge is 0.264 e. The summed E-state index contributed by atoms with van der Waals surface area (Å²) in [6, 6.07) is 2.08. The van der Waals surface area contributed by atoms with Crippen LogP contribution in [0.25, 0.3) is 26.7 Å². The number of pyridine rings is 1. The van der Waals surface area contributed by atoms with Crippen LogP contribution in [0.4, 0.5) is 0 Å². The summed E-state index contributed by atoms with van der Waals surface area (Å²) in [5.74, 6) is 0. The number of rotatable bonds is 0. The number of imidazole rings is 1. The highest BCUT2D eigenvalue weighted by molar-refractivity contribution is 7.20. The van der Waals surface area contributed by atoms with Crippen LogP contribution in [0.15, 0.2) is 37.1 Å². The van der Waals surface area contributed by atoms with E-state index in [-0.39, 0.29) is 0 Å². The lowest BCUT2D eigenvalue weighted by Gasteiger charge is -1.91. The first kappa shape index (κ1) is 9.57. The molecule has 90 valence electrons. The molecule has 0 atom stereocenters. The normalized spacial score (nSPS) is 13.1. The van der Waals surface area contributed by atoms with E-state index in [1.165, 1.54) is 21.0 Å². The zero-order valence-electron chi connectivity index (χ0n) is 9.82. The van der Waals surface area contributed by atoms with Crippen LogP contribution >= 0.6 is 11.3 Å². The summed E-state index contributed by atoms with van der Waals surface area (Å²) in [6.07, 6.45) is 9.34. The van der Waals surface area contributed by atoms with Crippen LogP contribution in [0.5, 0.6) is 0 Å². The van der Waals surface area contributed by atoms with E-state index < -0.39 is 0 Å². The summed E-state index contributed by atoms with van der Waals surface area (Å²) in [7, 11) is 0. The third kappa shape index (κ3) is 1.09. The average molecular weight is 266 g/mol. The van der Waals surface area contributed by atoms with E-state index in [1.807, 2.05) is 18.6 Å². The van der Waals surface area contributed by atoms with Crippen LogP contribution in [0.2, 0.25) is 0 Å². The maximum atomic E-state index is 4.68. The molecule has 0 saturated heterocycles. The third-order valence-corrected chi connectivity index (χ3v) is 4.74. The second kappa shape index (κ2) is 3.16. The fourth-order valence-corrected chi connectivity index (χ4v) is 3.89. The monoisotopic (exact) mass is 266 g/mol. The lowest BCUT2D eigenvalue weighted by Crippen LogP contribution is -2.30. The second-order valence-corrected chi connectivity index (χ2v) is 5.55. The first-order valence-electron chi connectivity index (χ1n) is 5.99. The van der Waals surface area contributed by atoms with Crippen LogP contribution < -0.4 is 4.57 Å². The summed E-state index contributed by atoms with van der Waals surface area (Å²) < 4.78 is 4.35. The summed E-state index contributed by atoms with van der Waals surface area (Å²) in [4.78, 5) is 14.2. The molecule has 0 fully saturated rings. The van der Waals surface area contributed by atoms with Crippen molar-refractivity contribution in [2.45, 2.75) is 6.54 Å². The molecule has 0 spiro atoms. The highest BCUT2D eigenvalue weighted by Crippen LogP contribution is 2.34. The Morgan fingerprint density at radius 2 is 2.16 bits per heavy atom. The van der Waals surface area contributed by atoms with Gasteiger partial charge >= 0.3 is 5.65 Å². The van der Waals surface area contributed by atoms with Gasteiger partial charge in [-0.2, -0.15) is 0 Å². The molecule has 0 saturated carbocycles. The molecule has 1 aliphatic heterocycles. The van der Waals surface area contributed by atoms with Gasteiger partial charge in [0.25, 0.3) is 5.65 Å². The van der Waals surface area contributed by atoms with Crippen molar-refractivity contribution in [2.24, 2.45) is 0 Å². The molecule has 6 heteroatoms. The van der Waals surface area contributed by atoms with Gasteiger partial charge in [0, 0.05) is 30.4 Å². The first-order valence-corrected chi connectivity index (χ1v) is 6.81. The van der Waals surface area contributed by atoms with Crippen LogP contribution in [-0.4, -0.2) is 19.4 Å². The lowest BCUT2D eigenvalue weighted by molar-refractivity contribution is -0.643. The van der Waals surface area contributed by atoms with Crippen molar-refractivity contribution < 1.29 is 4.57 Å². The molecule has 0 amide bonds. The van der Waals surface area contributed by atoms with Crippen molar-refractivity contribution in [3.63, 3.8) is 0 Å². The quantitative estimate of drug-likeness (QED) is 0.400. The van der Waals surface area contributed by atoms with Gasteiger partial charge in [-0.05, 0) is 11.1 Å². The maximum Gasteiger partial charge on any atom is 0.362 e. The fraction of sp³-hybridized carbons (Fsp3) is 0.0769. The molecule has 5 nitrogen and oxygen atoms in total. The van der Waals surface area contributed by atoms with Crippen molar-refractivity contribution in [1.29, 1.82) is 0 Å². The minimum absolute atomic E-state index is 0.879. The van der Waals surface area contributed by atoms with Crippen molar-refractivity contribution in [2.75, 3.05) is 0 Å². The summed E-state index contributed by atoms with van der Waals surface area (Å²) in [5, 5.41) is 1.24. The molecule has 0 bridgehead atoms. The predicted octanol–water partition coefficient (Wildman–Crippen LogP) is 1.66. The van der Waals surface area contributed by atoms with Gasteiger partial charge in [-0.3, -0.25) is 14.4 Å². The third-order valence-electron chi connectivity index (χ3n) is 3.53. The predicted molar refractivity (Wildman–Crippen MR) is 70.9 cm³/mol. The SMILES string of the molecule is c1cc2c(cn1)-c1sc3c(nc4cnccn43)[n+]1C2. The molecule has 0 aliphatic carbocycles. The molecule has 0 N–H and O–H groups in total. The Bertz CT molecular complexity index is 952. The molecule has 5 rings (SSSR count). The van der Waals surface area contributed by atoms with E-state index in [9.17, 15) is 0 Å². The van der Waals surface area contributed by atoms with E-state index in [0.29, 0.717) is 0 Å². The Hall–Kier alpha value is -2.34. The number of hydrogen-bond donors (Lipinski definition) is 0. The van der Waals surface area contributed by atoms with Crippen LogP contribution in [-0.2, 0) is 6.54 Å². The van der Waals surface area contributed by atoms with Crippen LogP contribution in [0.1, 0.15) is 5.56 Å². The maximum absolute atomic E-state index is 4.68. The van der Waals surface area contributed by atoms with Crippen LogP contribution in [0.3, 0.4) is 0 Å². The lowest BCUT2D eigenvalue weighted by atomic mass is 10.2. The van der Waals surface area contributed by atoms with E-state index in [4.69, 9.17) is 0 Å². The van der Waals surface area contributed by atoms with Gasteiger partial charge in [-0.15, -0.1) is 0 Å². The molecule has 0 radical (unpaired) electrons. The minimum Gasteiger partial charge on any atom is -0.264 e. The zero-order chi connectivity index (χ0) is 12.4. The Kier molecular flexibility index (Phi) is 1.59. The number of thiazole rings is 1. The van der Waals surface area contributed by atoms with Crippen molar-refractivity contribution in [1.82, 2.24) is 19.4 Å². The largest absolute Gasteiger partial charge is 0.362 e. The number of aromatic nitrogens is 5. The molecule has 0 unspecified atom stereocenters. The van der Waals surface area contributed by atoms with Crippen molar-refractivity contribution in [3.05, 3.63) is 42.6 Å². The van der Waals surface area contributed by atoms with Gasteiger partial charge in [0.05, 0.1) is 11.8 Å². The molecule has 19 heavy (non-hydrogen) atoms. The summed E-state index contributed by atoms with van der Waals surface area (Å²) >= 11 is 1.76. The Labute approximate surface area is 111 Å². The fourth-order valence-electron chi connectivity index (χ4n) is 2.66. The van der Waals surface area contributed by atoms with E-state index >= 15 is 0 Å². The van der Waals surface area contributed by atoms with Gasteiger partial charge in [0.15, 0.2) is 5.01 Å². The van der Waals surface area contributed by atoms with Crippen molar-refractivity contribution in [3.8, 4) is 10.6 Å².